The molecular weight excluding hydrogens is 362 g/mol. The number of halogens is 1. The number of carboxylic acid groups (broad SMARTS) is 1. The number of aromatic amines is 1. The topological polar surface area (TPSA) is 62.3 Å². The number of carboxylic acids is 1. The number of fused-ring (bicyclic) bond motifs is 1. The molecule has 1 heterocycles. The summed E-state index contributed by atoms with van der Waals surface area (Å²) in [4.78, 5) is 14.3. The number of rotatable bonds is 6. The van der Waals surface area contributed by atoms with Gasteiger partial charge in [0, 0.05) is 17.1 Å². The Morgan fingerprint density at radius 2 is 2.11 bits per heavy atom. The number of aryl methyl sites for hydroxylation is 1. The van der Waals surface area contributed by atoms with Crippen molar-refractivity contribution in [3.8, 4) is 11.5 Å². The van der Waals surface area contributed by atoms with Gasteiger partial charge in [0.1, 0.15) is 11.5 Å². The van der Waals surface area contributed by atoms with Crippen LogP contribution in [0.3, 0.4) is 0 Å². The molecule has 0 spiro atoms. The Morgan fingerprint density at radius 1 is 1.30 bits per heavy atom. The molecule has 0 unspecified atom stereocenters. The summed E-state index contributed by atoms with van der Waals surface area (Å²) in [6.07, 6.45) is 7.14. The summed E-state index contributed by atoms with van der Waals surface area (Å²) in [5.41, 5.74) is 3.93. The molecule has 0 amide bonds. The average molecular weight is 384 g/mol. The van der Waals surface area contributed by atoms with E-state index in [4.69, 9.17) is 21.4 Å². The molecular formula is C22H22ClNO3. The van der Waals surface area contributed by atoms with Gasteiger partial charge in [-0.1, -0.05) is 36.9 Å². The molecule has 0 bridgehead atoms. The molecule has 27 heavy (non-hydrogen) atoms. The van der Waals surface area contributed by atoms with Gasteiger partial charge in [-0.15, -0.1) is 0 Å². The number of hydrogen-bond acceptors (Lipinski definition) is 2. The van der Waals surface area contributed by atoms with Crippen LogP contribution in [0.2, 0.25) is 5.02 Å². The van der Waals surface area contributed by atoms with Crippen molar-refractivity contribution < 1.29 is 14.6 Å². The largest absolute Gasteiger partial charge is 0.481 e. The minimum absolute atomic E-state index is 0.0549. The molecule has 4 rings (SSSR count). The second kappa shape index (κ2) is 7.28. The van der Waals surface area contributed by atoms with Crippen molar-refractivity contribution in [1.82, 2.24) is 4.98 Å². The normalized spacial score (nSPS) is 14.3. The average Bonchev–Trinajstić information content (AvgIpc) is 2.96. The number of nitrogens with one attached hydrogen (secondary N) is 1. The van der Waals surface area contributed by atoms with Crippen molar-refractivity contribution in [2.24, 2.45) is 5.92 Å². The van der Waals surface area contributed by atoms with Crippen molar-refractivity contribution in [2.45, 2.75) is 39.0 Å². The zero-order valence-corrected chi connectivity index (χ0v) is 16.0. The van der Waals surface area contributed by atoms with Crippen molar-refractivity contribution >= 4 is 28.5 Å². The van der Waals surface area contributed by atoms with Gasteiger partial charge in [-0.3, -0.25) is 4.79 Å². The van der Waals surface area contributed by atoms with Crippen molar-refractivity contribution in [2.75, 3.05) is 0 Å². The van der Waals surface area contributed by atoms with Gasteiger partial charge in [-0.05, 0) is 60.2 Å². The molecule has 1 saturated carbocycles. The number of H-pyrrole nitrogens is 1. The number of benzene rings is 2. The Balaban J connectivity index is 1.61. The lowest BCUT2D eigenvalue weighted by Gasteiger charge is -2.24. The van der Waals surface area contributed by atoms with E-state index in [1.54, 1.807) is 6.07 Å². The number of aromatic nitrogens is 1. The highest BCUT2D eigenvalue weighted by Gasteiger charge is 2.19. The Morgan fingerprint density at radius 3 is 2.78 bits per heavy atom. The summed E-state index contributed by atoms with van der Waals surface area (Å²) in [6, 6.07) is 9.48. The van der Waals surface area contributed by atoms with Gasteiger partial charge in [0.15, 0.2) is 0 Å². The van der Waals surface area contributed by atoms with E-state index in [0.29, 0.717) is 16.3 Å². The molecule has 140 valence electrons. The smallest absolute Gasteiger partial charge is 0.307 e. The van der Waals surface area contributed by atoms with Crippen LogP contribution in [0.25, 0.3) is 10.9 Å². The maximum atomic E-state index is 10.9. The molecule has 2 aromatic carbocycles. The molecule has 0 aliphatic heterocycles. The Labute approximate surface area is 163 Å². The van der Waals surface area contributed by atoms with Crippen molar-refractivity contribution in [1.29, 1.82) is 0 Å². The summed E-state index contributed by atoms with van der Waals surface area (Å²) in [7, 11) is 0. The standard InChI is InChI=1S/C22H22ClNO3/c1-13-7-15(10-21(25)26)9-19(23)22(13)27-17-5-6-20-18(11-17)16(12-24-20)8-14-3-2-4-14/h5-7,9,11-12,14,24H,2-4,8,10H2,1H3,(H,25,26). The second-order valence-corrected chi connectivity index (χ2v) is 7.83. The molecule has 1 fully saturated rings. The SMILES string of the molecule is Cc1cc(CC(=O)O)cc(Cl)c1Oc1ccc2[nH]cc(CC3CCC3)c2c1. The van der Waals surface area contributed by atoms with E-state index in [1.807, 2.05) is 25.1 Å². The van der Waals surface area contributed by atoms with Crippen LogP contribution in [0, 0.1) is 12.8 Å². The molecule has 0 atom stereocenters. The first-order valence-corrected chi connectivity index (χ1v) is 9.66. The van der Waals surface area contributed by atoms with Gasteiger partial charge >= 0.3 is 5.97 Å². The van der Waals surface area contributed by atoms with Gasteiger partial charge in [0.2, 0.25) is 0 Å². The van der Waals surface area contributed by atoms with Crippen LogP contribution in [0.1, 0.15) is 36.0 Å². The summed E-state index contributed by atoms with van der Waals surface area (Å²) < 4.78 is 6.08. The van der Waals surface area contributed by atoms with E-state index in [9.17, 15) is 4.79 Å². The fraction of sp³-hybridized carbons (Fsp3) is 0.318. The number of carbonyl (C=O) groups is 1. The quantitative estimate of drug-likeness (QED) is 0.557. The lowest BCUT2D eigenvalue weighted by atomic mass is 9.81. The van der Waals surface area contributed by atoms with E-state index < -0.39 is 5.97 Å². The first kappa shape index (κ1) is 17.9. The van der Waals surface area contributed by atoms with Gasteiger partial charge in [0.05, 0.1) is 11.4 Å². The third kappa shape index (κ3) is 3.81. The molecule has 1 aromatic heterocycles. The third-order valence-corrected chi connectivity index (χ3v) is 5.62. The van der Waals surface area contributed by atoms with E-state index in [-0.39, 0.29) is 6.42 Å². The van der Waals surface area contributed by atoms with Crippen LogP contribution in [0.5, 0.6) is 11.5 Å². The highest BCUT2D eigenvalue weighted by molar-refractivity contribution is 6.32. The van der Waals surface area contributed by atoms with Crippen LogP contribution in [-0.2, 0) is 17.6 Å². The highest BCUT2D eigenvalue weighted by atomic mass is 35.5. The minimum atomic E-state index is -0.879. The summed E-state index contributed by atoms with van der Waals surface area (Å²) in [6.45, 7) is 1.88. The fourth-order valence-electron chi connectivity index (χ4n) is 3.72. The predicted molar refractivity (Wildman–Crippen MR) is 107 cm³/mol. The van der Waals surface area contributed by atoms with Crippen LogP contribution in [0.15, 0.2) is 36.5 Å². The van der Waals surface area contributed by atoms with Gasteiger partial charge in [-0.25, -0.2) is 0 Å². The molecule has 0 saturated heterocycles. The molecule has 4 nitrogen and oxygen atoms in total. The van der Waals surface area contributed by atoms with Crippen LogP contribution < -0.4 is 4.74 Å². The lowest BCUT2D eigenvalue weighted by molar-refractivity contribution is -0.136. The van der Waals surface area contributed by atoms with E-state index in [1.165, 1.54) is 30.2 Å². The highest BCUT2D eigenvalue weighted by Crippen LogP contribution is 2.37. The fourth-order valence-corrected chi connectivity index (χ4v) is 4.05. The monoisotopic (exact) mass is 383 g/mol. The van der Waals surface area contributed by atoms with Crippen LogP contribution in [-0.4, -0.2) is 16.1 Å². The Hall–Kier alpha value is -2.46. The maximum absolute atomic E-state index is 10.9. The molecule has 1 aliphatic rings. The summed E-state index contributed by atoms with van der Waals surface area (Å²) in [5, 5.41) is 10.6. The lowest BCUT2D eigenvalue weighted by Crippen LogP contribution is -2.13. The summed E-state index contributed by atoms with van der Waals surface area (Å²) >= 11 is 6.37. The molecule has 1 aliphatic carbocycles. The molecule has 3 aromatic rings. The zero-order chi connectivity index (χ0) is 19.0. The number of aliphatic carboxylic acids is 1. The number of ether oxygens (including phenoxy) is 1. The number of hydrogen-bond donors (Lipinski definition) is 2. The van der Waals surface area contributed by atoms with Crippen LogP contribution >= 0.6 is 11.6 Å². The van der Waals surface area contributed by atoms with Crippen molar-refractivity contribution in [3.05, 3.63) is 58.2 Å². The third-order valence-electron chi connectivity index (χ3n) is 5.34. The van der Waals surface area contributed by atoms with Crippen LogP contribution in [0.4, 0.5) is 0 Å². The van der Waals surface area contributed by atoms with Gasteiger partial charge < -0.3 is 14.8 Å². The Bertz CT molecular complexity index is 981. The minimum Gasteiger partial charge on any atom is -0.481 e. The van der Waals surface area contributed by atoms with E-state index in [0.717, 1.165) is 29.2 Å². The first-order chi connectivity index (χ1) is 13.0. The summed E-state index contributed by atoms with van der Waals surface area (Å²) in [5.74, 6) is 1.22. The zero-order valence-electron chi connectivity index (χ0n) is 15.2. The Kier molecular flexibility index (Phi) is 4.83. The van der Waals surface area contributed by atoms with Gasteiger partial charge in [0.25, 0.3) is 0 Å². The predicted octanol–water partition coefficient (Wildman–Crippen LogP) is 5.89. The van der Waals surface area contributed by atoms with E-state index >= 15 is 0 Å². The first-order valence-electron chi connectivity index (χ1n) is 9.28. The second-order valence-electron chi connectivity index (χ2n) is 7.42. The van der Waals surface area contributed by atoms with Gasteiger partial charge in [-0.2, -0.15) is 0 Å². The molecule has 2 N–H and O–H groups in total. The molecule has 0 radical (unpaired) electrons. The van der Waals surface area contributed by atoms with E-state index in [2.05, 4.69) is 17.2 Å². The molecule has 5 heteroatoms. The van der Waals surface area contributed by atoms with Crippen molar-refractivity contribution in [3.63, 3.8) is 0 Å². The maximum Gasteiger partial charge on any atom is 0.307 e.